The van der Waals surface area contributed by atoms with Crippen molar-refractivity contribution in [1.82, 2.24) is 26.2 Å². The maximum atomic E-state index is 13.6. The average molecular weight is 947 g/mol. The summed E-state index contributed by atoms with van der Waals surface area (Å²) in [4.78, 5) is 144. The van der Waals surface area contributed by atoms with E-state index in [-0.39, 0.29) is 107 Å². The maximum absolute atomic E-state index is 13.6. The summed E-state index contributed by atoms with van der Waals surface area (Å²) in [5.74, 6) is -8.56. The van der Waals surface area contributed by atoms with Gasteiger partial charge in [0.2, 0.25) is 29.5 Å². The predicted octanol–water partition coefficient (Wildman–Crippen LogP) is 2.25. The number of likely N-dealkylation sites (tertiary alicyclic amines) is 1. The van der Waals surface area contributed by atoms with Crippen molar-refractivity contribution in [1.29, 1.82) is 0 Å². The van der Waals surface area contributed by atoms with Gasteiger partial charge in [0.25, 0.3) is 0 Å². The lowest BCUT2D eigenvalue weighted by molar-refractivity contribution is -0.145. The number of hydrogen-bond donors (Lipinski definition) is 7. The maximum Gasteiger partial charge on any atom is 0.306 e. The van der Waals surface area contributed by atoms with Crippen molar-refractivity contribution in [3.63, 3.8) is 0 Å². The van der Waals surface area contributed by atoms with Crippen molar-refractivity contribution in [3.05, 3.63) is 0 Å². The Labute approximate surface area is 395 Å². The largest absolute Gasteiger partial charge is 0.481 e. The standard InChI is InChI=1S/C48H78N6O13/c1-7-8-9-11-31(48(66)67)23-42(60)38-12-10-19-54(38)45(63)18-15-39(57)30(6)52-47(65)32(20-28(2)3)22-34(55)27-51-46(64)33(21-29(4)5)24-41(59)36(13-16-43(49)61)53-44(62)17-14-40(58)37-25-35(56)26-50-37/h28-33,35-38,50,56H,7-27H2,1-6H3,(H2,49,61)(H,51,64)(H,52,65)(H,53,62)(H,66,67)/t30-,31+,32+,33+,35+,36-,37-,38-/m1/s1. The predicted molar refractivity (Wildman–Crippen MR) is 247 cm³/mol. The first-order chi connectivity index (χ1) is 31.5. The smallest absolute Gasteiger partial charge is 0.306 e. The zero-order valence-corrected chi connectivity index (χ0v) is 40.5. The minimum Gasteiger partial charge on any atom is -0.481 e. The van der Waals surface area contributed by atoms with E-state index in [0.717, 1.165) is 12.8 Å². The number of ketones is 5. The lowest BCUT2D eigenvalue weighted by Crippen LogP contribution is -2.45. The summed E-state index contributed by atoms with van der Waals surface area (Å²) in [7, 11) is 0. The highest BCUT2D eigenvalue weighted by atomic mass is 16.4. The molecule has 378 valence electrons. The molecule has 0 aromatic carbocycles. The van der Waals surface area contributed by atoms with Crippen molar-refractivity contribution in [3.8, 4) is 0 Å². The number of aliphatic hydroxyl groups excluding tert-OH is 1. The Morgan fingerprint density at radius 1 is 0.731 bits per heavy atom. The van der Waals surface area contributed by atoms with Crippen LogP contribution in [0.5, 0.6) is 0 Å². The summed E-state index contributed by atoms with van der Waals surface area (Å²) < 4.78 is 0. The third kappa shape index (κ3) is 21.7. The topological polar surface area (TPSA) is 306 Å². The van der Waals surface area contributed by atoms with E-state index in [1.165, 1.54) is 11.8 Å². The van der Waals surface area contributed by atoms with Crippen LogP contribution in [0.15, 0.2) is 0 Å². The minimum absolute atomic E-state index is 0.0248. The van der Waals surface area contributed by atoms with Gasteiger partial charge in [-0.1, -0.05) is 53.9 Å². The van der Waals surface area contributed by atoms with E-state index in [1.54, 1.807) is 0 Å². The summed E-state index contributed by atoms with van der Waals surface area (Å²) in [5, 5.41) is 30.1. The van der Waals surface area contributed by atoms with E-state index < -0.39 is 107 Å². The minimum atomic E-state index is -1.17. The number of hydrogen-bond acceptors (Lipinski definition) is 13. The Bertz CT molecular complexity index is 1750. The Kier molecular flexibility index (Phi) is 25.9. The molecule has 0 spiro atoms. The van der Waals surface area contributed by atoms with Gasteiger partial charge in [-0.2, -0.15) is 0 Å². The molecule has 2 fully saturated rings. The number of nitrogens with one attached hydrogen (secondary N) is 4. The van der Waals surface area contributed by atoms with E-state index in [2.05, 4.69) is 21.3 Å². The number of nitrogens with two attached hydrogens (primary N) is 1. The quantitative estimate of drug-likeness (QED) is 0.0456. The first-order valence-corrected chi connectivity index (χ1v) is 24.2. The van der Waals surface area contributed by atoms with Crippen LogP contribution in [0.1, 0.15) is 157 Å². The first kappa shape index (κ1) is 58.2. The number of rotatable bonds is 34. The fourth-order valence-electron chi connectivity index (χ4n) is 8.74. The monoisotopic (exact) mass is 947 g/mol. The third-order valence-corrected chi connectivity index (χ3v) is 12.5. The van der Waals surface area contributed by atoms with Crippen molar-refractivity contribution >= 4 is 64.4 Å². The van der Waals surface area contributed by atoms with Crippen LogP contribution in [0.2, 0.25) is 0 Å². The molecule has 0 unspecified atom stereocenters. The van der Waals surface area contributed by atoms with Gasteiger partial charge in [0.15, 0.2) is 23.1 Å². The molecule has 0 saturated carbocycles. The van der Waals surface area contributed by atoms with E-state index in [4.69, 9.17) is 5.73 Å². The number of aliphatic carboxylic acids is 1. The molecule has 2 rings (SSSR count). The Morgan fingerprint density at radius 2 is 1.39 bits per heavy atom. The van der Waals surface area contributed by atoms with Crippen molar-refractivity contribution in [2.24, 2.45) is 35.3 Å². The molecule has 19 nitrogen and oxygen atoms in total. The molecule has 0 radical (unpaired) electrons. The molecule has 2 saturated heterocycles. The van der Waals surface area contributed by atoms with Crippen LogP contribution in [0.3, 0.4) is 0 Å². The number of primary amides is 1. The molecule has 5 amide bonds. The third-order valence-electron chi connectivity index (χ3n) is 12.5. The van der Waals surface area contributed by atoms with Gasteiger partial charge in [0.1, 0.15) is 5.78 Å². The molecule has 8 atom stereocenters. The number of amides is 5. The number of carbonyl (C=O) groups excluding carboxylic acids is 10. The summed E-state index contributed by atoms with van der Waals surface area (Å²) in [5.41, 5.74) is 5.33. The van der Waals surface area contributed by atoms with E-state index in [1.807, 2.05) is 34.6 Å². The number of carbonyl (C=O) groups is 11. The van der Waals surface area contributed by atoms with Gasteiger partial charge in [-0.3, -0.25) is 52.7 Å². The molecule has 2 heterocycles. The van der Waals surface area contributed by atoms with Crippen LogP contribution in [0, 0.1) is 29.6 Å². The highest BCUT2D eigenvalue weighted by molar-refractivity contribution is 5.97. The van der Waals surface area contributed by atoms with Crippen LogP contribution in [-0.4, -0.2) is 129 Å². The summed E-state index contributed by atoms with van der Waals surface area (Å²) in [6.45, 7) is 11.0. The van der Waals surface area contributed by atoms with Crippen molar-refractivity contribution in [2.45, 2.75) is 187 Å². The van der Waals surface area contributed by atoms with Crippen LogP contribution >= 0.6 is 0 Å². The Morgan fingerprint density at radius 3 is 1.97 bits per heavy atom. The number of carboxylic acid groups (broad SMARTS) is 1. The number of β-amino-alcohol motifs (C(OH)–C–C–N with tert-alkyl or cyclic N) is 1. The van der Waals surface area contributed by atoms with E-state index in [0.29, 0.717) is 32.2 Å². The molecule has 0 aromatic rings. The number of aliphatic hydroxyl groups is 1. The zero-order chi connectivity index (χ0) is 50.4. The van der Waals surface area contributed by atoms with Crippen molar-refractivity contribution in [2.75, 3.05) is 19.6 Å². The molecule has 8 N–H and O–H groups in total. The fraction of sp³-hybridized carbons (Fsp3) is 0.771. The normalized spacial score (nSPS) is 19.2. The first-order valence-electron chi connectivity index (χ1n) is 24.2. The number of Topliss-reactive ketones (excluding diaryl/α,β-unsaturated/α-hetero) is 5. The SMILES string of the molecule is CCCCC[C@@H](CC(=O)[C@H]1CCCN1C(=O)CCC(=O)[C@@H](C)NC(=O)[C@H](CC(=O)CNC(=O)[C@H](CC(=O)[C@@H](CCC(N)=O)NC(=O)CCC(=O)[C@H]1C[C@H](O)CN1)CC(C)C)CC(C)C)C(=O)O. The van der Waals surface area contributed by atoms with Crippen molar-refractivity contribution < 1.29 is 63.0 Å². The molecule has 67 heavy (non-hydrogen) atoms. The summed E-state index contributed by atoms with van der Waals surface area (Å²) in [6.07, 6.45) is 2.07. The number of carboxylic acids is 1. The lowest BCUT2D eigenvalue weighted by Gasteiger charge is -2.25. The fourth-order valence-corrected chi connectivity index (χ4v) is 8.74. The van der Waals surface area contributed by atoms with E-state index >= 15 is 0 Å². The zero-order valence-electron chi connectivity index (χ0n) is 40.5. The molecule has 19 heteroatoms. The lowest BCUT2D eigenvalue weighted by atomic mass is 9.88. The van der Waals surface area contributed by atoms with Gasteiger partial charge < -0.3 is 42.1 Å². The second-order valence-electron chi connectivity index (χ2n) is 19.4. The Hall–Kier alpha value is -4.91. The second kappa shape index (κ2) is 29.8. The highest BCUT2D eigenvalue weighted by Gasteiger charge is 2.37. The number of nitrogens with zero attached hydrogens (tertiary/aromatic N) is 1. The molecule has 0 bridgehead atoms. The van der Waals surface area contributed by atoms with Gasteiger partial charge in [-0.15, -0.1) is 0 Å². The summed E-state index contributed by atoms with van der Waals surface area (Å²) >= 11 is 0. The van der Waals surface area contributed by atoms with Gasteiger partial charge >= 0.3 is 5.97 Å². The molecule has 0 aromatic heterocycles. The molecular weight excluding hydrogens is 869 g/mol. The highest BCUT2D eigenvalue weighted by Crippen LogP contribution is 2.25. The number of unbranched alkanes of at least 4 members (excludes halogenated alkanes) is 2. The van der Waals surface area contributed by atoms with Gasteiger partial charge in [-0.25, -0.2) is 0 Å². The van der Waals surface area contributed by atoms with Gasteiger partial charge in [0, 0.05) is 76.3 Å². The van der Waals surface area contributed by atoms with E-state index in [9.17, 15) is 63.0 Å². The van der Waals surface area contributed by atoms with Crippen LogP contribution in [0.4, 0.5) is 0 Å². The van der Waals surface area contributed by atoms with Crippen LogP contribution < -0.4 is 27.0 Å². The van der Waals surface area contributed by atoms with Crippen LogP contribution in [0.25, 0.3) is 0 Å². The molecule has 0 aliphatic carbocycles. The van der Waals surface area contributed by atoms with Crippen LogP contribution in [-0.2, 0) is 52.7 Å². The molecular formula is C48H78N6O13. The Balaban J connectivity index is 1.98. The summed E-state index contributed by atoms with van der Waals surface area (Å²) in [6, 6.07) is -3.49. The second-order valence-corrected chi connectivity index (χ2v) is 19.4. The molecule has 2 aliphatic heterocycles. The van der Waals surface area contributed by atoms with Gasteiger partial charge in [0.05, 0.1) is 42.7 Å². The van der Waals surface area contributed by atoms with Gasteiger partial charge in [-0.05, 0) is 63.7 Å². The molecule has 2 aliphatic rings. The average Bonchev–Trinajstić information content (AvgIpc) is 3.93.